The number of hydrogen-bond donors (Lipinski definition) is 1. The van der Waals surface area contributed by atoms with Crippen molar-refractivity contribution in [3.8, 4) is 0 Å². The van der Waals surface area contributed by atoms with E-state index in [-0.39, 0.29) is 11.7 Å². The Labute approximate surface area is 71.2 Å². The molecule has 1 N–H and O–H groups in total. The topological polar surface area (TPSA) is 45.8 Å². The van der Waals surface area contributed by atoms with Crippen LogP contribution < -0.4 is 0 Å². The van der Waals surface area contributed by atoms with Crippen molar-refractivity contribution in [3.05, 3.63) is 17.0 Å². The summed E-state index contributed by atoms with van der Waals surface area (Å²) in [5.74, 6) is 0.296. The molecule has 0 amide bonds. The normalized spacial score (nSPS) is 21.0. The summed E-state index contributed by atoms with van der Waals surface area (Å²) in [6, 6.07) is 0. The second-order valence-electron chi connectivity index (χ2n) is 3.41. The van der Waals surface area contributed by atoms with Crippen LogP contribution in [0.5, 0.6) is 0 Å². The largest absolute Gasteiger partial charge is 0.299 e. The molecule has 3 nitrogen and oxygen atoms in total. The summed E-state index contributed by atoms with van der Waals surface area (Å²) in [4.78, 5) is 11.2. The number of rotatable bonds is 1. The number of aryl methyl sites for hydroxylation is 1. The van der Waals surface area contributed by atoms with Gasteiger partial charge < -0.3 is 0 Å². The van der Waals surface area contributed by atoms with Gasteiger partial charge in [0, 0.05) is 5.69 Å². The number of aromatic nitrogens is 2. The minimum Gasteiger partial charge on any atom is -0.299 e. The van der Waals surface area contributed by atoms with Gasteiger partial charge in [0.15, 0.2) is 0 Å². The van der Waals surface area contributed by atoms with Gasteiger partial charge in [-0.2, -0.15) is 5.10 Å². The fourth-order valence-electron chi connectivity index (χ4n) is 1.90. The zero-order chi connectivity index (χ0) is 8.72. The Morgan fingerprint density at radius 1 is 1.67 bits per heavy atom. The van der Waals surface area contributed by atoms with Gasteiger partial charge in [-0.15, -0.1) is 0 Å². The van der Waals surface area contributed by atoms with Gasteiger partial charge >= 0.3 is 0 Å². The molecule has 1 aromatic heterocycles. The van der Waals surface area contributed by atoms with Gasteiger partial charge in [0.2, 0.25) is 0 Å². The van der Waals surface area contributed by atoms with E-state index in [1.807, 2.05) is 6.92 Å². The molecule has 3 heteroatoms. The molecule has 0 aliphatic heterocycles. The zero-order valence-corrected chi connectivity index (χ0v) is 7.35. The monoisotopic (exact) mass is 164 g/mol. The van der Waals surface area contributed by atoms with E-state index in [0.717, 1.165) is 24.2 Å². The third-order valence-corrected chi connectivity index (χ3v) is 2.61. The Bertz CT molecular complexity index is 327. The van der Waals surface area contributed by atoms with E-state index in [0.29, 0.717) is 0 Å². The zero-order valence-electron chi connectivity index (χ0n) is 7.35. The quantitative estimate of drug-likeness (QED) is 0.680. The standard InChI is InChI=1S/C9H12N2O/c1-5-7-3-4-8(6(2)12)9(7)11-10-5/h8H,3-4H2,1-2H3,(H,10,11). The molecule has 1 unspecified atom stereocenters. The van der Waals surface area contributed by atoms with E-state index < -0.39 is 0 Å². The van der Waals surface area contributed by atoms with Crippen LogP contribution in [0.4, 0.5) is 0 Å². The van der Waals surface area contributed by atoms with Crippen molar-refractivity contribution < 1.29 is 4.79 Å². The van der Waals surface area contributed by atoms with Crippen LogP contribution in [0.2, 0.25) is 0 Å². The van der Waals surface area contributed by atoms with Crippen molar-refractivity contribution in [2.75, 3.05) is 0 Å². The van der Waals surface area contributed by atoms with Crippen molar-refractivity contribution in [1.29, 1.82) is 0 Å². The summed E-state index contributed by atoms with van der Waals surface area (Å²) in [5, 5.41) is 7.07. The third-order valence-electron chi connectivity index (χ3n) is 2.61. The number of H-pyrrole nitrogens is 1. The molecule has 1 heterocycles. The summed E-state index contributed by atoms with van der Waals surface area (Å²) in [7, 11) is 0. The molecule has 0 saturated carbocycles. The Balaban J connectivity index is 2.43. The molecule has 0 bridgehead atoms. The van der Waals surface area contributed by atoms with Crippen LogP contribution in [-0.4, -0.2) is 16.0 Å². The van der Waals surface area contributed by atoms with Crippen LogP contribution in [0.3, 0.4) is 0 Å². The van der Waals surface area contributed by atoms with Gasteiger partial charge in [0.25, 0.3) is 0 Å². The van der Waals surface area contributed by atoms with Gasteiger partial charge in [0.1, 0.15) is 5.78 Å². The maximum atomic E-state index is 11.2. The van der Waals surface area contributed by atoms with E-state index in [9.17, 15) is 4.79 Å². The minimum atomic E-state index is 0.0601. The minimum absolute atomic E-state index is 0.0601. The summed E-state index contributed by atoms with van der Waals surface area (Å²) < 4.78 is 0. The molecule has 0 spiro atoms. The molecule has 1 aromatic rings. The lowest BCUT2D eigenvalue weighted by Gasteiger charge is -2.00. The lowest BCUT2D eigenvalue weighted by atomic mass is 10.0. The molecule has 0 aromatic carbocycles. The van der Waals surface area contributed by atoms with Crippen LogP contribution in [0, 0.1) is 6.92 Å². The number of hydrogen-bond acceptors (Lipinski definition) is 2. The molecule has 1 atom stereocenters. The van der Waals surface area contributed by atoms with Crippen LogP contribution in [0.25, 0.3) is 0 Å². The first kappa shape index (κ1) is 7.53. The molecule has 0 radical (unpaired) electrons. The van der Waals surface area contributed by atoms with Gasteiger partial charge in [0.05, 0.1) is 11.6 Å². The summed E-state index contributed by atoms with van der Waals surface area (Å²) in [6.07, 6.45) is 1.95. The highest BCUT2D eigenvalue weighted by Gasteiger charge is 2.29. The highest BCUT2D eigenvalue weighted by atomic mass is 16.1. The molecular formula is C9H12N2O. The SMILES string of the molecule is CC(=O)C1CCc2c1n[nH]c2C. The van der Waals surface area contributed by atoms with E-state index in [2.05, 4.69) is 10.2 Å². The van der Waals surface area contributed by atoms with Crippen LogP contribution >= 0.6 is 0 Å². The second-order valence-corrected chi connectivity index (χ2v) is 3.41. The van der Waals surface area contributed by atoms with E-state index >= 15 is 0 Å². The predicted octanol–water partition coefficient (Wildman–Crippen LogP) is 1.34. The number of aromatic amines is 1. The number of carbonyl (C=O) groups excluding carboxylic acids is 1. The second kappa shape index (κ2) is 2.44. The fraction of sp³-hybridized carbons (Fsp3) is 0.556. The number of nitrogens with one attached hydrogen (secondary N) is 1. The third kappa shape index (κ3) is 0.891. The van der Waals surface area contributed by atoms with Gasteiger partial charge in [-0.05, 0) is 32.3 Å². The molecule has 64 valence electrons. The van der Waals surface area contributed by atoms with Crippen molar-refractivity contribution in [1.82, 2.24) is 10.2 Å². The number of fused-ring (bicyclic) bond motifs is 1. The molecule has 12 heavy (non-hydrogen) atoms. The highest BCUT2D eigenvalue weighted by molar-refractivity contribution is 5.84. The van der Waals surface area contributed by atoms with Gasteiger partial charge in [-0.25, -0.2) is 0 Å². The Hall–Kier alpha value is -1.12. The maximum Gasteiger partial charge on any atom is 0.138 e. The first-order valence-corrected chi connectivity index (χ1v) is 4.24. The Morgan fingerprint density at radius 3 is 3.08 bits per heavy atom. The van der Waals surface area contributed by atoms with E-state index in [1.54, 1.807) is 6.92 Å². The number of Topliss-reactive ketones (excluding diaryl/α,β-unsaturated/α-hetero) is 1. The van der Waals surface area contributed by atoms with Crippen molar-refractivity contribution in [2.45, 2.75) is 32.6 Å². The van der Waals surface area contributed by atoms with Gasteiger partial charge in [-0.3, -0.25) is 9.89 Å². The van der Waals surface area contributed by atoms with Crippen LogP contribution in [0.1, 0.15) is 36.2 Å². The molecule has 1 aliphatic rings. The molecule has 0 fully saturated rings. The van der Waals surface area contributed by atoms with E-state index in [4.69, 9.17) is 0 Å². The van der Waals surface area contributed by atoms with Crippen molar-refractivity contribution in [3.63, 3.8) is 0 Å². The number of carbonyl (C=O) groups is 1. The molecular weight excluding hydrogens is 152 g/mol. The Morgan fingerprint density at radius 2 is 2.42 bits per heavy atom. The summed E-state index contributed by atoms with van der Waals surface area (Å²) >= 11 is 0. The Kier molecular flexibility index (Phi) is 1.53. The highest BCUT2D eigenvalue weighted by Crippen LogP contribution is 2.33. The fourth-order valence-corrected chi connectivity index (χ4v) is 1.90. The average molecular weight is 164 g/mol. The van der Waals surface area contributed by atoms with Gasteiger partial charge in [-0.1, -0.05) is 0 Å². The molecule has 1 aliphatic carbocycles. The summed E-state index contributed by atoms with van der Waals surface area (Å²) in [6.45, 7) is 3.65. The number of ketones is 1. The van der Waals surface area contributed by atoms with E-state index in [1.165, 1.54) is 5.56 Å². The van der Waals surface area contributed by atoms with Crippen molar-refractivity contribution in [2.24, 2.45) is 0 Å². The number of nitrogens with zero attached hydrogens (tertiary/aromatic N) is 1. The lowest BCUT2D eigenvalue weighted by molar-refractivity contribution is -0.118. The first-order chi connectivity index (χ1) is 5.70. The molecule has 0 saturated heterocycles. The first-order valence-electron chi connectivity index (χ1n) is 4.24. The molecule has 2 rings (SSSR count). The smallest absolute Gasteiger partial charge is 0.138 e. The lowest BCUT2D eigenvalue weighted by Crippen LogP contribution is -2.05. The summed E-state index contributed by atoms with van der Waals surface area (Å²) in [5.41, 5.74) is 3.36. The van der Waals surface area contributed by atoms with Crippen LogP contribution in [-0.2, 0) is 11.2 Å². The average Bonchev–Trinajstić information content (AvgIpc) is 2.53. The van der Waals surface area contributed by atoms with Crippen LogP contribution in [0.15, 0.2) is 0 Å². The predicted molar refractivity (Wildman–Crippen MR) is 45.1 cm³/mol. The van der Waals surface area contributed by atoms with Crippen molar-refractivity contribution >= 4 is 5.78 Å². The maximum absolute atomic E-state index is 11.2.